The number of ether oxygens (including phenoxy) is 1. The lowest BCUT2D eigenvalue weighted by Gasteiger charge is -2.36. The van der Waals surface area contributed by atoms with E-state index in [9.17, 15) is 4.79 Å². The summed E-state index contributed by atoms with van der Waals surface area (Å²) in [6.45, 7) is 12.2. The highest BCUT2D eigenvalue weighted by Crippen LogP contribution is 2.11. The molecule has 1 amide bonds. The number of nitrogens with two attached hydrogens (primary N) is 1. The van der Waals surface area contributed by atoms with Crippen molar-refractivity contribution in [3.8, 4) is 0 Å². The van der Waals surface area contributed by atoms with Crippen LogP contribution in [0.1, 0.15) is 20.8 Å². The Balaban J connectivity index is 2.44. The van der Waals surface area contributed by atoms with E-state index in [4.69, 9.17) is 10.5 Å². The van der Waals surface area contributed by atoms with Crippen molar-refractivity contribution >= 4 is 12.1 Å². The van der Waals surface area contributed by atoms with Crippen molar-refractivity contribution in [2.45, 2.75) is 26.4 Å². The molecule has 6 nitrogen and oxygen atoms in total. The highest BCUT2D eigenvalue weighted by Gasteiger charge is 2.26. The molecule has 6 heteroatoms. The molecule has 0 spiro atoms. The fourth-order valence-electron chi connectivity index (χ4n) is 1.70. The van der Waals surface area contributed by atoms with Crippen molar-refractivity contribution in [3.63, 3.8) is 0 Å². The van der Waals surface area contributed by atoms with Crippen molar-refractivity contribution in [2.24, 2.45) is 10.7 Å². The Morgan fingerprint density at radius 3 is 2.32 bits per heavy atom. The molecule has 0 saturated carbocycles. The summed E-state index contributed by atoms with van der Waals surface area (Å²) in [5.41, 5.74) is 5.39. The molecule has 108 valence electrons. The topological polar surface area (TPSA) is 71.2 Å². The molecule has 0 bridgehead atoms. The summed E-state index contributed by atoms with van der Waals surface area (Å²) >= 11 is 0. The molecule has 0 aliphatic carbocycles. The first-order valence-electron chi connectivity index (χ1n) is 6.47. The van der Waals surface area contributed by atoms with Crippen LogP contribution in [-0.2, 0) is 4.74 Å². The smallest absolute Gasteiger partial charge is 0.410 e. The van der Waals surface area contributed by atoms with Crippen molar-refractivity contribution in [1.29, 1.82) is 0 Å². The molecule has 0 unspecified atom stereocenters. The maximum Gasteiger partial charge on any atom is 0.410 e. The van der Waals surface area contributed by atoms with E-state index in [0.29, 0.717) is 38.7 Å². The zero-order chi connectivity index (χ0) is 14.5. The van der Waals surface area contributed by atoms with E-state index < -0.39 is 5.60 Å². The Hall–Kier alpha value is -1.72. The quantitative estimate of drug-likeness (QED) is 0.461. The first-order valence-corrected chi connectivity index (χ1v) is 6.47. The van der Waals surface area contributed by atoms with E-state index in [1.54, 1.807) is 11.0 Å². The Labute approximate surface area is 114 Å². The fraction of sp³-hybridized carbons (Fsp3) is 0.692. The van der Waals surface area contributed by atoms with E-state index in [2.05, 4.69) is 11.6 Å². The van der Waals surface area contributed by atoms with Gasteiger partial charge in [-0.1, -0.05) is 6.08 Å². The molecule has 0 atom stereocenters. The minimum absolute atomic E-state index is 0.270. The van der Waals surface area contributed by atoms with E-state index >= 15 is 0 Å². The summed E-state index contributed by atoms with van der Waals surface area (Å²) in [7, 11) is 0. The number of guanidine groups is 1. The lowest BCUT2D eigenvalue weighted by atomic mass is 10.2. The lowest BCUT2D eigenvalue weighted by molar-refractivity contribution is 0.0186. The van der Waals surface area contributed by atoms with Crippen molar-refractivity contribution in [2.75, 3.05) is 32.7 Å². The van der Waals surface area contributed by atoms with Crippen molar-refractivity contribution in [1.82, 2.24) is 9.80 Å². The third kappa shape index (κ3) is 5.19. The van der Waals surface area contributed by atoms with Crippen LogP contribution in [0.15, 0.2) is 17.6 Å². The fourth-order valence-corrected chi connectivity index (χ4v) is 1.70. The van der Waals surface area contributed by atoms with Crippen LogP contribution >= 0.6 is 0 Å². The molecular formula is C13H24N4O2. The summed E-state index contributed by atoms with van der Waals surface area (Å²) in [5.74, 6) is 0.503. The molecule has 1 aliphatic rings. The normalized spacial score (nSPS) is 17.3. The first kappa shape index (κ1) is 15.3. The molecule has 0 aromatic carbocycles. The summed E-state index contributed by atoms with van der Waals surface area (Å²) in [4.78, 5) is 19.7. The van der Waals surface area contributed by atoms with Crippen LogP contribution in [0.4, 0.5) is 4.79 Å². The summed E-state index contributed by atoms with van der Waals surface area (Å²) in [6.07, 6.45) is 1.43. The van der Waals surface area contributed by atoms with Gasteiger partial charge in [-0.05, 0) is 20.8 Å². The minimum Gasteiger partial charge on any atom is -0.444 e. The van der Waals surface area contributed by atoms with Gasteiger partial charge in [0.05, 0.1) is 6.54 Å². The van der Waals surface area contributed by atoms with Gasteiger partial charge >= 0.3 is 6.09 Å². The average molecular weight is 268 g/mol. The van der Waals surface area contributed by atoms with Crippen LogP contribution in [-0.4, -0.2) is 60.2 Å². The van der Waals surface area contributed by atoms with Crippen molar-refractivity contribution < 1.29 is 9.53 Å². The van der Waals surface area contributed by atoms with Gasteiger partial charge in [-0.25, -0.2) is 9.79 Å². The maximum absolute atomic E-state index is 11.9. The Morgan fingerprint density at radius 2 is 1.84 bits per heavy atom. The Morgan fingerprint density at radius 1 is 1.32 bits per heavy atom. The monoisotopic (exact) mass is 268 g/mol. The number of piperazine rings is 1. The van der Waals surface area contributed by atoms with Gasteiger partial charge in [-0.2, -0.15) is 0 Å². The predicted octanol–water partition coefficient (Wildman–Crippen LogP) is 1.04. The van der Waals surface area contributed by atoms with Crippen LogP contribution < -0.4 is 5.73 Å². The lowest BCUT2D eigenvalue weighted by Crippen LogP contribution is -2.53. The predicted molar refractivity (Wildman–Crippen MR) is 76.1 cm³/mol. The molecule has 0 aromatic rings. The molecule has 1 heterocycles. The molecule has 1 rings (SSSR count). The highest BCUT2D eigenvalue weighted by atomic mass is 16.6. The number of hydrogen-bond donors (Lipinski definition) is 1. The highest BCUT2D eigenvalue weighted by molar-refractivity contribution is 5.78. The average Bonchev–Trinajstić information content (AvgIpc) is 2.34. The van der Waals surface area contributed by atoms with Crippen LogP contribution in [0.5, 0.6) is 0 Å². The number of carbonyl (C=O) groups excluding carboxylic acids is 1. The van der Waals surface area contributed by atoms with Gasteiger partial charge in [0.25, 0.3) is 0 Å². The second-order valence-electron chi connectivity index (χ2n) is 5.44. The minimum atomic E-state index is -0.460. The summed E-state index contributed by atoms with van der Waals surface area (Å²) < 4.78 is 5.33. The zero-order valence-corrected chi connectivity index (χ0v) is 12.1. The first-order chi connectivity index (χ1) is 8.83. The van der Waals surface area contributed by atoms with Gasteiger partial charge in [0.2, 0.25) is 0 Å². The Bertz CT molecular complexity index is 352. The SMILES string of the molecule is C=CCN=C(N)N1CCN(C(=O)OC(C)(C)C)CC1. The van der Waals surface area contributed by atoms with Gasteiger partial charge in [-0.3, -0.25) is 0 Å². The van der Waals surface area contributed by atoms with E-state index in [-0.39, 0.29) is 6.09 Å². The molecule has 19 heavy (non-hydrogen) atoms. The summed E-state index contributed by atoms with van der Waals surface area (Å²) in [6, 6.07) is 0. The van der Waals surface area contributed by atoms with Crippen LogP contribution in [0.25, 0.3) is 0 Å². The molecular weight excluding hydrogens is 244 g/mol. The van der Waals surface area contributed by atoms with Crippen molar-refractivity contribution in [3.05, 3.63) is 12.7 Å². The number of aliphatic imine (C=N–C) groups is 1. The number of carbonyl (C=O) groups is 1. The van der Waals surface area contributed by atoms with Gasteiger partial charge in [-0.15, -0.1) is 6.58 Å². The second kappa shape index (κ2) is 6.45. The molecule has 2 N–H and O–H groups in total. The number of hydrogen-bond acceptors (Lipinski definition) is 3. The number of rotatable bonds is 2. The van der Waals surface area contributed by atoms with Crippen LogP contribution in [0.3, 0.4) is 0 Å². The molecule has 0 aromatic heterocycles. The van der Waals surface area contributed by atoms with Crippen LogP contribution in [0, 0.1) is 0 Å². The maximum atomic E-state index is 11.9. The van der Waals surface area contributed by atoms with Gasteiger partial charge < -0.3 is 20.3 Å². The Kier molecular flexibility index (Phi) is 5.20. The van der Waals surface area contributed by atoms with Gasteiger partial charge in [0.15, 0.2) is 5.96 Å². The largest absolute Gasteiger partial charge is 0.444 e. The summed E-state index contributed by atoms with van der Waals surface area (Å²) in [5, 5.41) is 0. The second-order valence-corrected chi connectivity index (χ2v) is 5.44. The van der Waals surface area contributed by atoms with E-state index in [0.717, 1.165) is 0 Å². The van der Waals surface area contributed by atoms with Gasteiger partial charge in [0.1, 0.15) is 5.60 Å². The third-order valence-electron chi connectivity index (χ3n) is 2.64. The number of nitrogens with zero attached hydrogens (tertiary/aromatic N) is 3. The molecule has 1 fully saturated rings. The third-order valence-corrected chi connectivity index (χ3v) is 2.64. The zero-order valence-electron chi connectivity index (χ0n) is 12.1. The molecule has 0 radical (unpaired) electrons. The van der Waals surface area contributed by atoms with Crippen LogP contribution in [0.2, 0.25) is 0 Å². The van der Waals surface area contributed by atoms with E-state index in [1.165, 1.54) is 0 Å². The van der Waals surface area contributed by atoms with E-state index in [1.807, 2.05) is 25.7 Å². The van der Waals surface area contributed by atoms with Gasteiger partial charge in [0, 0.05) is 26.2 Å². The number of amides is 1. The molecule has 1 saturated heterocycles. The molecule has 1 aliphatic heterocycles. The standard InChI is InChI=1S/C13H24N4O2/c1-5-6-15-11(14)16-7-9-17(10-8-16)12(18)19-13(2,3)4/h5H,1,6-10H2,2-4H3,(H2,14,15).